The van der Waals surface area contributed by atoms with Crippen molar-refractivity contribution in [1.29, 1.82) is 10.5 Å². The van der Waals surface area contributed by atoms with Gasteiger partial charge in [0.25, 0.3) is 5.56 Å². The van der Waals surface area contributed by atoms with Gasteiger partial charge in [-0.2, -0.15) is 10.5 Å². The molecule has 30 heavy (non-hydrogen) atoms. The highest BCUT2D eigenvalue weighted by Gasteiger charge is 2.23. The summed E-state index contributed by atoms with van der Waals surface area (Å²) in [6, 6.07) is 7.81. The zero-order valence-electron chi connectivity index (χ0n) is 16.7. The molecule has 156 valence electrons. The van der Waals surface area contributed by atoms with Crippen molar-refractivity contribution >= 4 is 5.95 Å². The minimum absolute atomic E-state index is 0.00211. The summed E-state index contributed by atoms with van der Waals surface area (Å²) in [5.41, 5.74) is 6.27. The number of rotatable bonds is 6. The first-order valence-corrected chi connectivity index (χ1v) is 9.75. The Hall–Kier alpha value is -3.43. The summed E-state index contributed by atoms with van der Waals surface area (Å²) < 4.78 is 20.8. The van der Waals surface area contributed by atoms with E-state index in [9.17, 15) is 14.4 Å². The Labute approximate surface area is 173 Å². The minimum Gasteiger partial charge on any atom is -0.483 e. The molecule has 2 heterocycles. The van der Waals surface area contributed by atoms with Gasteiger partial charge in [0.05, 0.1) is 36.9 Å². The van der Waals surface area contributed by atoms with Crippen LogP contribution in [0, 0.1) is 28.5 Å². The van der Waals surface area contributed by atoms with E-state index in [4.69, 9.17) is 15.7 Å². The van der Waals surface area contributed by atoms with Gasteiger partial charge in [-0.3, -0.25) is 9.36 Å². The number of piperidine rings is 1. The first-order valence-electron chi connectivity index (χ1n) is 9.75. The molecular weight excluding hydrogens is 387 g/mol. The molecule has 2 aromatic rings. The molecule has 1 aromatic carbocycles. The van der Waals surface area contributed by atoms with Gasteiger partial charge in [-0.1, -0.05) is 0 Å². The number of benzene rings is 1. The number of hydrogen-bond donors (Lipinski definition) is 1. The fourth-order valence-electron chi connectivity index (χ4n) is 3.49. The molecule has 8 nitrogen and oxygen atoms in total. The number of hydrogen-bond acceptors (Lipinski definition) is 7. The van der Waals surface area contributed by atoms with Gasteiger partial charge in [0, 0.05) is 19.1 Å². The van der Waals surface area contributed by atoms with Crippen molar-refractivity contribution in [1.82, 2.24) is 9.55 Å². The monoisotopic (exact) mass is 410 g/mol. The van der Waals surface area contributed by atoms with Gasteiger partial charge in [0.2, 0.25) is 11.7 Å². The Morgan fingerprint density at radius 3 is 2.93 bits per heavy atom. The van der Waals surface area contributed by atoms with Crippen LogP contribution >= 0.6 is 0 Å². The highest BCUT2D eigenvalue weighted by atomic mass is 19.1. The number of nitrogens with zero attached hydrogens (tertiary/aromatic N) is 5. The maximum atomic E-state index is 13.8. The Balaban J connectivity index is 2.07. The van der Waals surface area contributed by atoms with Crippen molar-refractivity contribution < 1.29 is 9.13 Å². The van der Waals surface area contributed by atoms with E-state index in [1.165, 1.54) is 29.0 Å². The summed E-state index contributed by atoms with van der Waals surface area (Å²) >= 11 is 0. The van der Waals surface area contributed by atoms with Crippen LogP contribution in [0.5, 0.6) is 5.75 Å². The fraction of sp³-hybridized carbons (Fsp3) is 0.429. The van der Waals surface area contributed by atoms with Crippen molar-refractivity contribution in [2.45, 2.75) is 44.9 Å². The van der Waals surface area contributed by atoms with E-state index < -0.39 is 17.5 Å². The topological polar surface area (TPSA) is 121 Å². The summed E-state index contributed by atoms with van der Waals surface area (Å²) in [5.74, 6) is -0.108. The van der Waals surface area contributed by atoms with Crippen molar-refractivity contribution in [2.75, 3.05) is 18.0 Å². The van der Waals surface area contributed by atoms with Crippen LogP contribution in [-0.4, -0.2) is 34.8 Å². The highest BCUT2D eigenvalue weighted by molar-refractivity contribution is 5.41. The van der Waals surface area contributed by atoms with Crippen molar-refractivity contribution in [3.8, 4) is 17.9 Å². The fourth-order valence-corrected chi connectivity index (χ4v) is 3.49. The lowest BCUT2D eigenvalue weighted by Crippen LogP contribution is -2.45. The zero-order chi connectivity index (χ0) is 21.7. The van der Waals surface area contributed by atoms with Gasteiger partial charge in [0.15, 0.2) is 0 Å². The number of halogens is 1. The summed E-state index contributed by atoms with van der Waals surface area (Å²) in [4.78, 5) is 19.6. The van der Waals surface area contributed by atoms with Crippen LogP contribution < -0.4 is 20.9 Å². The predicted octanol–water partition coefficient (Wildman–Crippen LogP) is 1.91. The van der Waals surface area contributed by atoms with E-state index in [2.05, 4.69) is 4.98 Å². The number of nitriles is 2. The molecule has 0 radical (unpaired) electrons. The molecule has 1 aromatic heterocycles. The Kier molecular flexibility index (Phi) is 6.65. The largest absolute Gasteiger partial charge is 0.483 e. The molecule has 0 aliphatic carbocycles. The molecule has 0 saturated carbocycles. The molecule has 0 amide bonds. The van der Waals surface area contributed by atoms with Gasteiger partial charge in [-0.25, -0.2) is 9.37 Å². The van der Waals surface area contributed by atoms with Crippen LogP contribution in [-0.2, 0) is 6.54 Å². The van der Waals surface area contributed by atoms with Crippen LogP contribution in [0.4, 0.5) is 10.3 Å². The molecule has 1 fully saturated rings. The first-order chi connectivity index (χ1) is 14.4. The zero-order valence-corrected chi connectivity index (χ0v) is 16.7. The van der Waals surface area contributed by atoms with Gasteiger partial charge in [-0.05, 0) is 43.5 Å². The average Bonchev–Trinajstić information content (AvgIpc) is 2.71. The van der Waals surface area contributed by atoms with Crippen molar-refractivity contribution in [3.05, 3.63) is 51.7 Å². The third kappa shape index (κ3) is 4.76. The number of ether oxygens (including phenoxy) is 1. The number of nitrogens with two attached hydrogens (primary N) is 1. The lowest BCUT2D eigenvalue weighted by molar-refractivity contribution is 0.221. The predicted molar refractivity (Wildman–Crippen MR) is 108 cm³/mol. The van der Waals surface area contributed by atoms with Crippen LogP contribution in [0.15, 0.2) is 29.2 Å². The molecule has 1 unspecified atom stereocenters. The minimum atomic E-state index is -0.499. The Bertz CT molecular complexity index is 1050. The normalized spacial score (nSPS) is 17.1. The Morgan fingerprint density at radius 2 is 2.23 bits per heavy atom. The summed E-state index contributed by atoms with van der Waals surface area (Å²) in [5, 5.41) is 18.2. The molecule has 2 N–H and O–H groups in total. The van der Waals surface area contributed by atoms with Crippen molar-refractivity contribution in [3.63, 3.8) is 0 Å². The van der Waals surface area contributed by atoms with Gasteiger partial charge in [-0.15, -0.1) is 0 Å². The molecule has 1 aliphatic heterocycles. The standard InChI is InChI=1S/C21H23FN6O2/c1-14(6-7-23)30-19-11-26-21(27-8-2-3-18(25)13-27)28(20(19)29)12-16-9-17(22)5-4-15(16)10-24/h4-5,9,11,14,18H,2-3,6,8,12-13,25H2,1H3/t14?,18-/m1/s1. The van der Waals surface area contributed by atoms with Crippen LogP contribution in [0.2, 0.25) is 0 Å². The quantitative estimate of drug-likeness (QED) is 0.772. The molecule has 0 spiro atoms. The molecule has 1 saturated heterocycles. The van der Waals surface area contributed by atoms with Crippen molar-refractivity contribution in [2.24, 2.45) is 5.73 Å². The van der Waals surface area contributed by atoms with Crippen LogP contribution in [0.1, 0.15) is 37.3 Å². The first kappa shape index (κ1) is 21.3. The van der Waals surface area contributed by atoms with Crippen LogP contribution in [0.3, 0.4) is 0 Å². The van der Waals surface area contributed by atoms with Gasteiger partial charge < -0.3 is 15.4 Å². The molecule has 1 aliphatic rings. The second kappa shape index (κ2) is 9.38. The second-order valence-corrected chi connectivity index (χ2v) is 7.37. The lowest BCUT2D eigenvalue weighted by Gasteiger charge is -2.33. The molecule has 0 bridgehead atoms. The third-order valence-corrected chi connectivity index (χ3v) is 4.96. The molecule has 9 heteroatoms. The van der Waals surface area contributed by atoms with Gasteiger partial charge >= 0.3 is 0 Å². The second-order valence-electron chi connectivity index (χ2n) is 7.37. The van der Waals surface area contributed by atoms with E-state index in [1.807, 2.05) is 17.0 Å². The number of anilines is 1. The van der Waals surface area contributed by atoms with Crippen LogP contribution in [0.25, 0.3) is 0 Å². The number of aromatic nitrogens is 2. The summed E-state index contributed by atoms with van der Waals surface area (Å²) in [6.07, 6.45) is 2.72. The summed E-state index contributed by atoms with van der Waals surface area (Å²) in [7, 11) is 0. The van der Waals surface area contributed by atoms with E-state index in [0.717, 1.165) is 12.8 Å². The SMILES string of the molecule is CC(CC#N)Oc1cnc(N2CCC[C@@H](N)C2)n(Cc2cc(F)ccc2C#N)c1=O. The lowest BCUT2D eigenvalue weighted by atomic mass is 10.1. The highest BCUT2D eigenvalue weighted by Crippen LogP contribution is 2.21. The van der Waals surface area contributed by atoms with E-state index in [1.54, 1.807) is 6.92 Å². The smallest absolute Gasteiger partial charge is 0.297 e. The maximum Gasteiger partial charge on any atom is 0.297 e. The van der Waals surface area contributed by atoms with E-state index in [-0.39, 0.29) is 30.3 Å². The maximum absolute atomic E-state index is 13.8. The van der Waals surface area contributed by atoms with Gasteiger partial charge in [0.1, 0.15) is 11.9 Å². The Morgan fingerprint density at radius 1 is 1.43 bits per heavy atom. The third-order valence-electron chi connectivity index (χ3n) is 4.96. The molecule has 2 atom stereocenters. The van der Waals surface area contributed by atoms with E-state index in [0.29, 0.717) is 24.6 Å². The summed E-state index contributed by atoms with van der Waals surface area (Å²) in [6.45, 7) is 2.85. The molecular formula is C21H23FN6O2. The average molecular weight is 410 g/mol. The van der Waals surface area contributed by atoms with E-state index >= 15 is 0 Å². The molecule has 3 rings (SSSR count).